The second-order valence-corrected chi connectivity index (χ2v) is 5.49. The standard InChI is InChI=1S/C13H24N4O2/c1-5-6-13(4,12(18)19)15-7-11-14-9-16-17(11)8-10(2)3/h9-10,15H,5-8H2,1-4H3,(H,18,19). The second kappa shape index (κ2) is 6.65. The van der Waals surface area contributed by atoms with Crippen LogP contribution in [0.4, 0.5) is 0 Å². The number of aromatic nitrogens is 3. The summed E-state index contributed by atoms with van der Waals surface area (Å²) in [5, 5.41) is 16.6. The average molecular weight is 268 g/mol. The number of carboxylic acids is 1. The van der Waals surface area contributed by atoms with Crippen LogP contribution in [0.5, 0.6) is 0 Å². The number of carboxylic acid groups (broad SMARTS) is 1. The van der Waals surface area contributed by atoms with Crippen LogP contribution in [-0.4, -0.2) is 31.4 Å². The highest BCUT2D eigenvalue weighted by Gasteiger charge is 2.31. The summed E-state index contributed by atoms with van der Waals surface area (Å²) in [5.41, 5.74) is -0.913. The molecule has 1 atom stereocenters. The first-order chi connectivity index (χ1) is 8.89. The summed E-state index contributed by atoms with van der Waals surface area (Å²) >= 11 is 0. The molecule has 0 saturated heterocycles. The quantitative estimate of drug-likeness (QED) is 0.749. The molecule has 2 N–H and O–H groups in total. The lowest BCUT2D eigenvalue weighted by Gasteiger charge is -2.25. The van der Waals surface area contributed by atoms with Gasteiger partial charge in [0.25, 0.3) is 0 Å². The lowest BCUT2D eigenvalue weighted by Crippen LogP contribution is -2.49. The summed E-state index contributed by atoms with van der Waals surface area (Å²) in [6, 6.07) is 0. The van der Waals surface area contributed by atoms with Gasteiger partial charge in [-0.25, -0.2) is 9.67 Å². The number of hydrogen-bond donors (Lipinski definition) is 2. The highest BCUT2D eigenvalue weighted by Crippen LogP contribution is 2.13. The molecule has 0 radical (unpaired) electrons. The van der Waals surface area contributed by atoms with Gasteiger partial charge in [-0.05, 0) is 19.3 Å². The van der Waals surface area contributed by atoms with Gasteiger partial charge < -0.3 is 5.11 Å². The highest BCUT2D eigenvalue weighted by molar-refractivity contribution is 5.78. The van der Waals surface area contributed by atoms with Gasteiger partial charge in [-0.15, -0.1) is 0 Å². The van der Waals surface area contributed by atoms with Gasteiger partial charge in [0.05, 0.1) is 6.54 Å². The van der Waals surface area contributed by atoms with Crippen LogP contribution in [0, 0.1) is 5.92 Å². The Morgan fingerprint density at radius 3 is 2.79 bits per heavy atom. The normalized spacial score (nSPS) is 14.6. The molecule has 0 bridgehead atoms. The highest BCUT2D eigenvalue weighted by atomic mass is 16.4. The minimum absolute atomic E-state index is 0.412. The Bertz CT molecular complexity index is 417. The van der Waals surface area contributed by atoms with Crippen molar-refractivity contribution in [3.63, 3.8) is 0 Å². The van der Waals surface area contributed by atoms with E-state index in [2.05, 4.69) is 29.2 Å². The van der Waals surface area contributed by atoms with Crippen LogP contribution in [0.1, 0.15) is 46.4 Å². The first kappa shape index (κ1) is 15.6. The Hall–Kier alpha value is -1.43. The summed E-state index contributed by atoms with van der Waals surface area (Å²) in [6.45, 7) is 9.10. The molecule has 1 aromatic rings. The summed E-state index contributed by atoms with van der Waals surface area (Å²) < 4.78 is 1.83. The van der Waals surface area contributed by atoms with Crippen molar-refractivity contribution in [2.75, 3.05) is 0 Å². The third-order valence-electron chi connectivity index (χ3n) is 3.09. The van der Waals surface area contributed by atoms with Gasteiger partial charge in [-0.2, -0.15) is 5.10 Å². The molecule has 0 aliphatic carbocycles. The summed E-state index contributed by atoms with van der Waals surface area (Å²) in [7, 11) is 0. The summed E-state index contributed by atoms with van der Waals surface area (Å²) in [6.07, 6.45) is 2.91. The molecule has 0 spiro atoms. The Morgan fingerprint density at radius 1 is 1.58 bits per heavy atom. The molecule has 1 unspecified atom stereocenters. The van der Waals surface area contributed by atoms with Crippen molar-refractivity contribution in [1.29, 1.82) is 0 Å². The van der Waals surface area contributed by atoms with Crippen molar-refractivity contribution >= 4 is 5.97 Å². The Kier molecular flexibility index (Phi) is 5.47. The predicted octanol–water partition coefficient (Wildman–Crippen LogP) is 1.67. The zero-order valence-electron chi connectivity index (χ0n) is 12.2. The number of hydrogen-bond acceptors (Lipinski definition) is 4. The molecule has 0 fully saturated rings. The smallest absolute Gasteiger partial charge is 0.323 e. The zero-order chi connectivity index (χ0) is 14.5. The minimum atomic E-state index is -0.913. The minimum Gasteiger partial charge on any atom is -0.480 e. The van der Waals surface area contributed by atoms with Crippen molar-refractivity contribution in [3.8, 4) is 0 Å². The molecule has 108 valence electrons. The van der Waals surface area contributed by atoms with Gasteiger partial charge in [-0.3, -0.25) is 10.1 Å². The topological polar surface area (TPSA) is 80.0 Å². The Labute approximate surface area is 114 Å². The third kappa shape index (κ3) is 4.31. The van der Waals surface area contributed by atoms with Gasteiger partial charge >= 0.3 is 5.97 Å². The Morgan fingerprint density at radius 2 is 2.26 bits per heavy atom. The number of rotatable bonds is 8. The molecular formula is C13H24N4O2. The van der Waals surface area contributed by atoms with E-state index in [1.165, 1.54) is 6.33 Å². The Balaban J connectivity index is 2.69. The number of nitrogens with zero attached hydrogens (tertiary/aromatic N) is 3. The molecule has 19 heavy (non-hydrogen) atoms. The zero-order valence-corrected chi connectivity index (χ0v) is 12.2. The van der Waals surface area contributed by atoms with Crippen molar-refractivity contribution in [2.24, 2.45) is 5.92 Å². The number of aliphatic carboxylic acids is 1. The molecular weight excluding hydrogens is 244 g/mol. The van der Waals surface area contributed by atoms with E-state index >= 15 is 0 Å². The van der Waals surface area contributed by atoms with Crippen molar-refractivity contribution in [2.45, 2.75) is 59.2 Å². The molecule has 6 nitrogen and oxygen atoms in total. The van der Waals surface area contributed by atoms with E-state index in [0.29, 0.717) is 18.9 Å². The molecule has 1 rings (SSSR count). The molecule has 1 heterocycles. The number of carbonyl (C=O) groups is 1. The van der Waals surface area contributed by atoms with Gasteiger partial charge in [0, 0.05) is 6.54 Å². The number of nitrogens with one attached hydrogen (secondary N) is 1. The fraction of sp³-hybridized carbons (Fsp3) is 0.769. The maximum absolute atomic E-state index is 11.3. The fourth-order valence-electron chi connectivity index (χ4n) is 1.97. The first-order valence-electron chi connectivity index (χ1n) is 6.74. The molecule has 0 amide bonds. The largest absolute Gasteiger partial charge is 0.480 e. The van der Waals surface area contributed by atoms with Crippen LogP contribution >= 0.6 is 0 Å². The molecule has 0 aliphatic rings. The van der Waals surface area contributed by atoms with Crippen molar-refractivity contribution in [1.82, 2.24) is 20.1 Å². The van der Waals surface area contributed by atoms with E-state index in [4.69, 9.17) is 0 Å². The van der Waals surface area contributed by atoms with E-state index in [1.54, 1.807) is 6.92 Å². The van der Waals surface area contributed by atoms with E-state index in [9.17, 15) is 9.90 Å². The van der Waals surface area contributed by atoms with Crippen molar-refractivity contribution in [3.05, 3.63) is 12.2 Å². The fourth-order valence-corrected chi connectivity index (χ4v) is 1.97. The van der Waals surface area contributed by atoms with Crippen LogP contribution in [0.25, 0.3) is 0 Å². The molecule has 0 saturated carbocycles. The first-order valence-corrected chi connectivity index (χ1v) is 6.74. The van der Waals surface area contributed by atoms with Gasteiger partial charge in [0.15, 0.2) is 0 Å². The van der Waals surface area contributed by atoms with E-state index in [0.717, 1.165) is 18.8 Å². The lowest BCUT2D eigenvalue weighted by molar-refractivity contribution is -0.144. The molecule has 0 aliphatic heterocycles. The maximum atomic E-state index is 11.3. The second-order valence-electron chi connectivity index (χ2n) is 5.49. The maximum Gasteiger partial charge on any atom is 0.323 e. The van der Waals surface area contributed by atoms with E-state index in [1.807, 2.05) is 11.6 Å². The van der Waals surface area contributed by atoms with Crippen LogP contribution in [0.3, 0.4) is 0 Å². The van der Waals surface area contributed by atoms with Crippen LogP contribution in [0.15, 0.2) is 6.33 Å². The van der Waals surface area contributed by atoms with Gasteiger partial charge in [-0.1, -0.05) is 27.2 Å². The summed E-state index contributed by atoms with van der Waals surface area (Å²) in [5.74, 6) is 0.420. The van der Waals surface area contributed by atoms with Gasteiger partial charge in [0.1, 0.15) is 17.7 Å². The molecule has 6 heteroatoms. The van der Waals surface area contributed by atoms with Crippen LogP contribution in [-0.2, 0) is 17.9 Å². The van der Waals surface area contributed by atoms with E-state index in [-0.39, 0.29) is 0 Å². The average Bonchev–Trinajstić information content (AvgIpc) is 2.73. The predicted molar refractivity (Wildman–Crippen MR) is 72.6 cm³/mol. The van der Waals surface area contributed by atoms with Crippen molar-refractivity contribution < 1.29 is 9.90 Å². The SMILES string of the molecule is CCCC(C)(NCc1ncnn1CC(C)C)C(=O)O. The van der Waals surface area contributed by atoms with Gasteiger partial charge in [0.2, 0.25) is 0 Å². The lowest BCUT2D eigenvalue weighted by atomic mass is 9.96. The van der Waals surface area contributed by atoms with E-state index < -0.39 is 11.5 Å². The monoisotopic (exact) mass is 268 g/mol. The third-order valence-corrected chi connectivity index (χ3v) is 3.09. The summed E-state index contributed by atoms with van der Waals surface area (Å²) in [4.78, 5) is 15.5. The molecule has 0 aromatic carbocycles. The van der Waals surface area contributed by atoms with Crippen LogP contribution < -0.4 is 5.32 Å². The van der Waals surface area contributed by atoms with Crippen LogP contribution in [0.2, 0.25) is 0 Å². The molecule has 1 aromatic heterocycles.